The molecule has 0 bridgehead atoms. The highest BCUT2D eigenvalue weighted by Gasteiger charge is 2.22. The van der Waals surface area contributed by atoms with Crippen LogP contribution in [0.15, 0.2) is 36.4 Å². The average molecular weight is 261 g/mol. The van der Waals surface area contributed by atoms with E-state index in [-0.39, 0.29) is 6.04 Å². The van der Waals surface area contributed by atoms with Crippen LogP contribution in [-0.4, -0.2) is 24.3 Å². The zero-order chi connectivity index (χ0) is 13.7. The number of benzene rings is 1. The normalized spacial score (nSPS) is 20.8. The molecule has 1 aromatic carbocycles. The molecule has 3 nitrogen and oxygen atoms in total. The lowest BCUT2D eigenvalue weighted by Crippen LogP contribution is -2.38. The van der Waals surface area contributed by atoms with Crippen molar-refractivity contribution in [2.24, 2.45) is 0 Å². The SMILES string of the molecule is C=C(C)COc1ccc(C(O)C2CCCCN2)cc1. The van der Waals surface area contributed by atoms with Crippen LogP contribution in [0.5, 0.6) is 5.75 Å². The van der Waals surface area contributed by atoms with Crippen LogP contribution in [0, 0.1) is 0 Å². The van der Waals surface area contributed by atoms with E-state index in [4.69, 9.17) is 4.74 Å². The first kappa shape index (κ1) is 14.1. The Bertz CT molecular complexity index is 407. The van der Waals surface area contributed by atoms with E-state index in [2.05, 4.69) is 11.9 Å². The van der Waals surface area contributed by atoms with Crippen molar-refractivity contribution >= 4 is 0 Å². The van der Waals surface area contributed by atoms with Crippen LogP contribution in [0.3, 0.4) is 0 Å². The fourth-order valence-corrected chi connectivity index (χ4v) is 2.35. The molecule has 3 heteroatoms. The number of hydrogen-bond acceptors (Lipinski definition) is 3. The zero-order valence-electron chi connectivity index (χ0n) is 11.6. The molecule has 0 aromatic heterocycles. The Morgan fingerprint density at radius 3 is 2.74 bits per heavy atom. The van der Waals surface area contributed by atoms with E-state index in [1.807, 2.05) is 31.2 Å². The Labute approximate surface area is 115 Å². The Morgan fingerprint density at radius 2 is 2.16 bits per heavy atom. The van der Waals surface area contributed by atoms with Crippen LogP contribution in [-0.2, 0) is 0 Å². The van der Waals surface area contributed by atoms with Gasteiger partial charge < -0.3 is 15.2 Å². The van der Waals surface area contributed by atoms with Crippen molar-refractivity contribution in [3.05, 3.63) is 42.0 Å². The molecule has 2 rings (SSSR count). The van der Waals surface area contributed by atoms with Crippen LogP contribution in [0.1, 0.15) is 37.9 Å². The third-order valence-corrected chi connectivity index (χ3v) is 3.44. The first-order chi connectivity index (χ1) is 9.16. The lowest BCUT2D eigenvalue weighted by Gasteiger charge is -2.28. The lowest BCUT2D eigenvalue weighted by molar-refractivity contribution is 0.114. The maximum atomic E-state index is 10.3. The minimum Gasteiger partial charge on any atom is -0.489 e. The van der Waals surface area contributed by atoms with Gasteiger partial charge in [-0.1, -0.05) is 25.1 Å². The molecule has 1 saturated heterocycles. The Hall–Kier alpha value is -1.32. The summed E-state index contributed by atoms with van der Waals surface area (Å²) in [5, 5.41) is 13.7. The van der Waals surface area contributed by atoms with Crippen LogP contribution in [0.2, 0.25) is 0 Å². The van der Waals surface area contributed by atoms with Gasteiger partial charge in [-0.15, -0.1) is 0 Å². The number of rotatable bonds is 5. The van der Waals surface area contributed by atoms with Crippen LogP contribution in [0.4, 0.5) is 0 Å². The molecule has 0 radical (unpaired) electrons. The average Bonchev–Trinajstić information content (AvgIpc) is 2.46. The second-order valence-corrected chi connectivity index (χ2v) is 5.32. The van der Waals surface area contributed by atoms with Crippen molar-refractivity contribution < 1.29 is 9.84 Å². The smallest absolute Gasteiger partial charge is 0.119 e. The molecule has 1 fully saturated rings. The number of piperidine rings is 1. The van der Waals surface area contributed by atoms with Gasteiger partial charge in [-0.2, -0.15) is 0 Å². The summed E-state index contributed by atoms with van der Waals surface area (Å²) in [5.74, 6) is 0.815. The highest BCUT2D eigenvalue weighted by atomic mass is 16.5. The van der Waals surface area contributed by atoms with E-state index in [1.54, 1.807) is 0 Å². The minimum absolute atomic E-state index is 0.177. The Balaban J connectivity index is 1.94. The minimum atomic E-state index is -0.435. The Morgan fingerprint density at radius 1 is 1.42 bits per heavy atom. The fourth-order valence-electron chi connectivity index (χ4n) is 2.35. The van der Waals surface area contributed by atoms with Crippen molar-refractivity contribution in [1.82, 2.24) is 5.32 Å². The van der Waals surface area contributed by atoms with E-state index >= 15 is 0 Å². The molecule has 0 aliphatic carbocycles. The molecule has 1 aliphatic rings. The maximum Gasteiger partial charge on any atom is 0.119 e. The second kappa shape index (κ2) is 6.73. The second-order valence-electron chi connectivity index (χ2n) is 5.32. The van der Waals surface area contributed by atoms with E-state index in [0.717, 1.165) is 29.9 Å². The van der Waals surface area contributed by atoms with Gasteiger partial charge in [-0.05, 0) is 49.6 Å². The fraction of sp³-hybridized carbons (Fsp3) is 0.500. The van der Waals surface area contributed by atoms with Gasteiger partial charge in [0.05, 0.1) is 6.10 Å². The molecule has 0 saturated carbocycles. The molecule has 104 valence electrons. The van der Waals surface area contributed by atoms with Crippen LogP contribution >= 0.6 is 0 Å². The molecule has 2 atom stereocenters. The van der Waals surface area contributed by atoms with Gasteiger partial charge in [0, 0.05) is 6.04 Å². The van der Waals surface area contributed by atoms with Gasteiger partial charge in [0.1, 0.15) is 12.4 Å². The molecule has 0 amide bonds. The third kappa shape index (κ3) is 4.08. The molecular weight excluding hydrogens is 238 g/mol. The summed E-state index contributed by atoms with van der Waals surface area (Å²) in [6.45, 7) is 7.28. The van der Waals surface area contributed by atoms with E-state index in [9.17, 15) is 5.11 Å². The van der Waals surface area contributed by atoms with Crippen molar-refractivity contribution in [3.63, 3.8) is 0 Å². The number of ether oxygens (including phenoxy) is 1. The summed E-state index contributed by atoms with van der Waals surface area (Å²) in [5.41, 5.74) is 1.94. The molecule has 1 heterocycles. The van der Waals surface area contributed by atoms with Gasteiger partial charge in [0.25, 0.3) is 0 Å². The van der Waals surface area contributed by atoms with Gasteiger partial charge in [0.2, 0.25) is 0 Å². The first-order valence-electron chi connectivity index (χ1n) is 6.95. The number of aliphatic hydroxyl groups is 1. The van der Waals surface area contributed by atoms with Crippen molar-refractivity contribution in [1.29, 1.82) is 0 Å². The predicted molar refractivity (Wildman–Crippen MR) is 77.4 cm³/mol. The number of aliphatic hydroxyl groups excluding tert-OH is 1. The molecule has 1 aromatic rings. The van der Waals surface area contributed by atoms with Gasteiger partial charge in [-0.25, -0.2) is 0 Å². The number of hydrogen-bond donors (Lipinski definition) is 2. The quantitative estimate of drug-likeness (QED) is 0.801. The lowest BCUT2D eigenvalue weighted by atomic mass is 9.95. The monoisotopic (exact) mass is 261 g/mol. The van der Waals surface area contributed by atoms with Crippen LogP contribution in [0.25, 0.3) is 0 Å². The molecule has 0 spiro atoms. The van der Waals surface area contributed by atoms with E-state index < -0.39 is 6.10 Å². The molecule has 2 unspecified atom stereocenters. The van der Waals surface area contributed by atoms with Gasteiger partial charge in [0.15, 0.2) is 0 Å². The molecule has 19 heavy (non-hydrogen) atoms. The Kier molecular flexibility index (Phi) is 5.00. The zero-order valence-corrected chi connectivity index (χ0v) is 11.6. The van der Waals surface area contributed by atoms with Gasteiger partial charge in [-0.3, -0.25) is 0 Å². The largest absolute Gasteiger partial charge is 0.489 e. The highest BCUT2D eigenvalue weighted by Crippen LogP contribution is 2.24. The van der Waals surface area contributed by atoms with E-state index in [1.165, 1.54) is 12.8 Å². The summed E-state index contributed by atoms with van der Waals surface area (Å²) < 4.78 is 5.55. The summed E-state index contributed by atoms with van der Waals surface area (Å²) in [7, 11) is 0. The molecule has 1 aliphatic heterocycles. The van der Waals surface area contributed by atoms with Crippen LogP contribution < -0.4 is 10.1 Å². The summed E-state index contributed by atoms with van der Waals surface area (Å²) in [6.07, 6.45) is 3.00. The van der Waals surface area contributed by atoms with Crippen molar-refractivity contribution in [3.8, 4) is 5.75 Å². The molecule has 2 N–H and O–H groups in total. The first-order valence-corrected chi connectivity index (χ1v) is 6.95. The van der Waals surface area contributed by atoms with Crippen molar-refractivity contribution in [2.45, 2.75) is 38.3 Å². The predicted octanol–water partition coefficient (Wildman–Crippen LogP) is 2.82. The summed E-state index contributed by atoms with van der Waals surface area (Å²) in [4.78, 5) is 0. The topological polar surface area (TPSA) is 41.5 Å². The maximum absolute atomic E-state index is 10.3. The summed E-state index contributed by atoms with van der Waals surface area (Å²) in [6, 6.07) is 7.87. The summed E-state index contributed by atoms with van der Waals surface area (Å²) >= 11 is 0. The molecular formula is C16H23NO2. The van der Waals surface area contributed by atoms with Gasteiger partial charge >= 0.3 is 0 Å². The van der Waals surface area contributed by atoms with Crippen molar-refractivity contribution in [2.75, 3.05) is 13.2 Å². The highest BCUT2D eigenvalue weighted by molar-refractivity contribution is 5.29. The standard InChI is InChI=1S/C16H23NO2/c1-12(2)11-19-14-8-6-13(7-9-14)16(18)15-5-3-4-10-17-15/h6-9,15-18H,1,3-5,10-11H2,2H3. The number of nitrogens with one attached hydrogen (secondary N) is 1. The van der Waals surface area contributed by atoms with E-state index in [0.29, 0.717) is 6.61 Å². The third-order valence-electron chi connectivity index (χ3n) is 3.44.